The van der Waals surface area contributed by atoms with Crippen molar-refractivity contribution in [3.8, 4) is 0 Å². The first-order chi connectivity index (χ1) is 6.61. The molecule has 0 fully saturated rings. The van der Waals surface area contributed by atoms with Gasteiger partial charge in [0.25, 0.3) is 0 Å². The van der Waals surface area contributed by atoms with E-state index in [-0.39, 0.29) is 5.25 Å². The van der Waals surface area contributed by atoms with Gasteiger partial charge in [-0.15, -0.1) is 0 Å². The van der Waals surface area contributed by atoms with Gasteiger partial charge in [-0.05, 0) is 26.8 Å². The van der Waals surface area contributed by atoms with Crippen molar-refractivity contribution in [2.45, 2.75) is 38.0 Å². The van der Waals surface area contributed by atoms with Gasteiger partial charge in [0.1, 0.15) is 0 Å². The Kier molecular flexibility index (Phi) is 8.43. The van der Waals surface area contributed by atoms with Crippen LogP contribution >= 0.6 is 0 Å². The van der Waals surface area contributed by atoms with Gasteiger partial charge in [-0.2, -0.15) is 0 Å². The van der Waals surface area contributed by atoms with Crippen LogP contribution in [0.4, 0.5) is 0 Å². The lowest BCUT2D eigenvalue weighted by molar-refractivity contribution is 0.200. The molecular formula is C10H23NO2S. The minimum atomic E-state index is -0.708. The van der Waals surface area contributed by atoms with Crippen molar-refractivity contribution in [1.82, 2.24) is 5.32 Å². The Labute approximate surface area is 90.1 Å². The maximum Gasteiger partial charge on any atom is 0.0471 e. The second-order valence-corrected chi connectivity index (χ2v) is 5.64. The van der Waals surface area contributed by atoms with Gasteiger partial charge in [0.05, 0.1) is 0 Å². The van der Waals surface area contributed by atoms with Crippen LogP contribution in [0.3, 0.4) is 0 Å². The van der Waals surface area contributed by atoms with Crippen LogP contribution in [-0.4, -0.2) is 42.0 Å². The van der Waals surface area contributed by atoms with E-state index in [1.54, 1.807) is 7.11 Å². The second-order valence-electron chi connectivity index (χ2n) is 3.67. The van der Waals surface area contributed by atoms with Crippen LogP contribution in [0.25, 0.3) is 0 Å². The first-order valence-electron chi connectivity index (χ1n) is 5.15. The third-order valence-electron chi connectivity index (χ3n) is 2.32. The average Bonchev–Trinajstić information content (AvgIpc) is 2.17. The molecule has 0 spiro atoms. The van der Waals surface area contributed by atoms with Crippen molar-refractivity contribution in [2.24, 2.45) is 0 Å². The van der Waals surface area contributed by atoms with E-state index in [0.29, 0.717) is 12.6 Å². The van der Waals surface area contributed by atoms with E-state index in [1.807, 2.05) is 7.05 Å². The minimum absolute atomic E-state index is 0.273. The highest BCUT2D eigenvalue weighted by molar-refractivity contribution is 7.85. The molecule has 14 heavy (non-hydrogen) atoms. The maximum atomic E-state index is 11.7. The van der Waals surface area contributed by atoms with Gasteiger partial charge < -0.3 is 10.1 Å². The summed E-state index contributed by atoms with van der Waals surface area (Å²) in [5.41, 5.74) is 0. The summed E-state index contributed by atoms with van der Waals surface area (Å²) in [5, 5.41) is 3.43. The molecule has 3 atom stereocenters. The van der Waals surface area contributed by atoms with Gasteiger partial charge in [-0.3, -0.25) is 4.21 Å². The summed E-state index contributed by atoms with van der Waals surface area (Å²) in [5.74, 6) is 0.755. The van der Waals surface area contributed by atoms with Gasteiger partial charge >= 0.3 is 0 Å². The van der Waals surface area contributed by atoms with Crippen LogP contribution in [0.15, 0.2) is 0 Å². The predicted octanol–water partition coefficient (Wildman–Crippen LogP) is 1.16. The van der Waals surface area contributed by atoms with Crippen LogP contribution < -0.4 is 5.32 Å². The average molecular weight is 221 g/mol. The Hall–Kier alpha value is 0.0700. The molecule has 3 nitrogen and oxygen atoms in total. The van der Waals surface area contributed by atoms with Crippen LogP contribution in [0, 0.1) is 0 Å². The van der Waals surface area contributed by atoms with Gasteiger partial charge in [0.15, 0.2) is 0 Å². The van der Waals surface area contributed by atoms with Crippen LogP contribution in [0.1, 0.15) is 26.7 Å². The van der Waals surface area contributed by atoms with Gasteiger partial charge in [0, 0.05) is 41.6 Å². The zero-order valence-electron chi connectivity index (χ0n) is 9.71. The number of methoxy groups -OCH3 is 1. The molecule has 0 bridgehead atoms. The lowest BCUT2D eigenvalue weighted by atomic mass is 10.2. The molecule has 0 aliphatic rings. The fourth-order valence-electron chi connectivity index (χ4n) is 1.27. The molecule has 0 aromatic rings. The summed E-state index contributed by atoms with van der Waals surface area (Å²) < 4.78 is 16.6. The van der Waals surface area contributed by atoms with Crippen molar-refractivity contribution in [3.63, 3.8) is 0 Å². The summed E-state index contributed by atoms with van der Waals surface area (Å²) >= 11 is 0. The van der Waals surface area contributed by atoms with Crippen LogP contribution in [0.5, 0.6) is 0 Å². The minimum Gasteiger partial charge on any atom is -0.385 e. The molecule has 0 saturated heterocycles. The highest BCUT2D eigenvalue weighted by Gasteiger charge is 2.13. The summed E-state index contributed by atoms with van der Waals surface area (Å²) in [6, 6.07) is 0.441. The van der Waals surface area contributed by atoms with Gasteiger partial charge in [-0.1, -0.05) is 6.92 Å². The molecule has 0 aliphatic heterocycles. The highest BCUT2D eigenvalue weighted by Crippen LogP contribution is 2.06. The topological polar surface area (TPSA) is 38.3 Å². The third-order valence-corrected chi connectivity index (χ3v) is 4.10. The smallest absolute Gasteiger partial charge is 0.0471 e. The largest absolute Gasteiger partial charge is 0.385 e. The first kappa shape index (κ1) is 14.1. The lowest BCUT2D eigenvalue weighted by Crippen LogP contribution is -2.28. The highest BCUT2D eigenvalue weighted by atomic mass is 32.2. The quantitative estimate of drug-likeness (QED) is 0.625. The fraction of sp³-hybridized carbons (Fsp3) is 1.00. The van der Waals surface area contributed by atoms with Crippen molar-refractivity contribution in [2.75, 3.05) is 26.5 Å². The number of nitrogens with one attached hydrogen (secondary N) is 1. The number of hydrogen-bond donors (Lipinski definition) is 1. The summed E-state index contributed by atoms with van der Waals surface area (Å²) in [7, 11) is 2.90. The fourth-order valence-corrected chi connectivity index (χ4v) is 2.58. The number of ether oxygens (including phenoxy) is 1. The summed E-state index contributed by atoms with van der Waals surface area (Å²) in [6.45, 7) is 4.87. The van der Waals surface area contributed by atoms with E-state index in [2.05, 4.69) is 19.2 Å². The van der Waals surface area contributed by atoms with E-state index in [0.717, 1.165) is 18.6 Å². The number of rotatable bonds is 8. The second kappa shape index (κ2) is 8.38. The Balaban J connectivity index is 3.64. The van der Waals surface area contributed by atoms with E-state index >= 15 is 0 Å². The molecule has 3 unspecified atom stereocenters. The molecule has 86 valence electrons. The van der Waals surface area contributed by atoms with E-state index in [1.165, 1.54) is 0 Å². The predicted molar refractivity (Wildman–Crippen MR) is 62.1 cm³/mol. The maximum absolute atomic E-state index is 11.7. The van der Waals surface area contributed by atoms with Crippen molar-refractivity contribution in [3.05, 3.63) is 0 Å². The van der Waals surface area contributed by atoms with Gasteiger partial charge in [0.2, 0.25) is 0 Å². The Morgan fingerprint density at radius 3 is 2.57 bits per heavy atom. The Morgan fingerprint density at radius 1 is 1.43 bits per heavy atom. The lowest BCUT2D eigenvalue weighted by Gasteiger charge is -2.16. The van der Waals surface area contributed by atoms with E-state index in [4.69, 9.17) is 4.74 Å². The summed E-state index contributed by atoms with van der Waals surface area (Å²) in [6.07, 6.45) is 1.86. The zero-order valence-corrected chi connectivity index (χ0v) is 10.5. The van der Waals surface area contributed by atoms with Crippen molar-refractivity contribution < 1.29 is 8.95 Å². The Bertz CT molecular complexity index is 164. The molecule has 0 aromatic carbocycles. The van der Waals surface area contributed by atoms with E-state index in [9.17, 15) is 4.21 Å². The third kappa shape index (κ3) is 6.51. The molecule has 0 heterocycles. The molecule has 0 amide bonds. The first-order valence-corrected chi connectivity index (χ1v) is 6.53. The molecule has 0 saturated carbocycles. The molecular weight excluding hydrogens is 198 g/mol. The van der Waals surface area contributed by atoms with Crippen molar-refractivity contribution >= 4 is 10.8 Å². The number of hydrogen-bond acceptors (Lipinski definition) is 3. The normalized spacial score (nSPS) is 17.7. The SMILES string of the molecule is CNC(C)CC(C)S(=O)CCCOC. The molecule has 0 aromatic heterocycles. The molecule has 0 aliphatic carbocycles. The van der Waals surface area contributed by atoms with Crippen molar-refractivity contribution in [1.29, 1.82) is 0 Å². The molecule has 0 radical (unpaired) electrons. The van der Waals surface area contributed by atoms with Gasteiger partial charge in [-0.25, -0.2) is 0 Å². The monoisotopic (exact) mass is 221 g/mol. The molecule has 4 heteroatoms. The summed E-state index contributed by atoms with van der Waals surface area (Å²) in [4.78, 5) is 0. The van der Waals surface area contributed by atoms with Crippen LogP contribution in [-0.2, 0) is 15.5 Å². The zero-order chi connectivity index (χ0) is 11.0. The standard InChI is InChI=1S/C10H23NO2S/c1-9(11-3)8-10(2)14(12)7-5-6-13-4/h9-11H,5-8H2,1-4H3. The van der Waals surface area contributed by atoms with Crippen LogP contribution in [0.2, 0.25) is 0 Å². The Morgan fingerprint density at radius 2 is 2.07 bits per heavy atom. The molecule has 1 N–H and O–H groups in total. The van der Waals surface area contributed by atoms with E-state index < -0.39 is 10.8 Å². The molecule has 0 rings (SSSR count).